The molecule has 1 aromatic rings. The standard InChI is InChI=1S/C9H11ClN2O3/c1-14-4-5-15-12-9(13)7-2-3-11-8(10)6-7/h2-3,6H,4-5H2,1H3,(H,12,13). The molecule has 0 aromatic carbocycles. The van der Waals surface area contributed by atoms with E-state index in [4.69, 9.17) is 21.2 Å². The molecule has 5 nitrogen and oxygen atoms in total. The van der Waals surface area contributed by atoms with Gasteiger partial charge in [0.05, 0.1) is 13.2 Å². The van der Waals surface area contributed by atoms with Crippen LogP contribution in [0.4, 0.5) is 0 Å². The van der Waals surface area contributed by atoms with Crippen LogP contribution in [0.15, 0.2) is 18.3 Å². The normalized spacial score (nSPS) is 10.0. The number of ether oxygens (including phenoxy) is 1. The lowest BCUT2D eigenvalue weighted by Crippen LogP contribution is -2.25. The summed E-state index contributed by atoms with van der Waals surface area (Å²) in [6.45, 7) is 0.707. The van der Waals surface area contributed by atoms with Crippen molar-refractivity contribution in [3.63, 3.8) is 0 Å². The van der Waals surface area contributed by atoms with E-state index in [0.29, 0.717) is 18.8 Å². The summed E-state index contributed by atoms with van der Waals surface area (Å²) in [6.07, 6.45) is 1.45. The topological polar surface area (TPSA) is 60.5 Å². The largest absolute Gasteiger partial charge is 0.382 e. The molecule has 0 saturated heterocycles. The van der Waals surface area contributed by atoms with E-state index in [-0.39, 0.29) is 11.1 Å². The third kappa shape index (κ3) is 4.24. The van der Waals surface area contributed by atoms with Crippen LogP contribution in [0.1, 0.15) is 10.4 Å². The first-order chi connectivity index (χ1) is 7.24. The van der Waals surface area contributed by atoms with Gasteiger partial charge in [-0.1, -0.05) is 11.6 Å². The van der Waals surface area contributed by atoms with Gasteiger partial charge in [-0.3, -0.25) is 9.63 Å². The summed E-state index contributed by atoms with van der Waals surface area (Å²) in [5.74, 6) is -0.365. The van der Waals surface area contributed by atoms with Gasteiger partial charge in [0.2, 0.25) is 0 Å². The Morgan fingerprint density at radius 2 is 2.40 bits per heavy atom. The number of halogens is 1. The van der Waals surface area contributed by atoms with Gasteiger partial charge in [0.1, 0.15) is 5.15 Å². The third-order valence-corrected chi connectivity index (χ3v) is 1.75. The van der Waals surface area contributed by atoms with Gasteiger partial charge < -0.3 is 4.74 Å². The number of hydrogen-bond acceptors (Lipinski definition) is 4. The van der Waals surface area contributed by atoms with Gasteiger partial charge >= 0.3 is 0 Å². The zero-order valence-electron chi connectivity index (χ0n) is 8.20. The average molecular weight is 231 g/mol. The Bertz CT molecular complexity index is 333. The minimum Gasteiger partial charge on any atom is -0.382 e. The maximum Gasteiger partial charge on any atom is 0.275 e. The highest BCUT2D eigenvalue weighted by Gasteiger charge is 2.05. The highest BCUT2D eigenvalue weighted by Crippen LogP contribution is 2.06. The number of hydroxylamine groups is 1. The number of carbonyl (C=O) groups is 1. The molecule has 0 radical (unpaired) electrons. The number of aromatic nitrogens is 1. The molecule has 0 atom stereocenters. The highest BCUT2D eigenvalue weighted by atomic mass is 35.5. The number of nitrogens with one attached hydrogen (secondary N) is 1. The van der Waals surface area contributed by atoms with Crippen molar-refractivity contribution in [2.75, 3.05) is 20.3 Å². The van der Waals surface area contributed by atoms with Gasteiger partial charge in [-0.25, -0.2) is 10.5 Å². The van der Waals surface area contributed by atoms with Crippen molar-refractivity contribution >= 4 is 17.5 Å². The second kappa shape index (κ2) is 6.34. The molecule has 0 aliphatic carbocycles. The van der Waals surface area contributed by atoms with Crippen molar-refractivity contribution in [2.45, 2.75) is 0 Å². The predicted molar refractivity (Wildman–Crippen MR) is 54.5 cm³/mol. The molecule has 1 aromatic heterocycles. The fourth-order valence-electron chi connectivity index (χ4n) is 0.844. The molecule has 0 saturated carbocycles. The van der Waals surface area contributed by atoms with Gasteiger partial charge in [0.15, 0.2) is 0 Å². The minimum absolute atomic E-state index is 0.263. The summed E-state index contributed by atoms with van der Waals surface area (Å²) in [5, 5.41) is 0.263. The van der Waals surface area contributed by atoms with Crippen molar-refractivity contribution < 1.29 is 14.4 Å². The van der Waals surface area contributed by atoms with Crippen LogP contribution >= 0.6 is 11.6 Å². The number of methoxy groups -OCH3 is 1. The molecule has 0 aliphatic rings. The van der Waals surface area contributed by atoms with Crippen LogP contribution in [-0.4, -0.2) is 31.2 Å². The number of pyridine rings is 1. The van der Waals surface area contributed by atoms with E-state index >= 15 is 0 Å². The molecule has 15 heavy (non-hydrogen) atoms. The maximum absolute atomic E-state index is 11.4. The van der Waals surface area contributed by atoms with Crippen LogP contribution in [0.3, 0.4) is 0 Å². The smallest absolute Gasteiger partial charge is 0.275 e. The van der Waals surface area contributed by atoms with Crippen LogP contribution < -0.4 is 5.48 Å². The van der Waals surface area contributed by atoms with E-state index in [1.165, 1.54) is 12.3 Å². The fraction of sp³-hybridized carbons (Fsp3) is 0.333. The van der Waals surface area contributed by atoms with Gasteiger partial charge in [0.25, 0.3) is 5.91 Å². The highest BCUT2D eigenvalue weighted by molar-refractivity contribution is 6.29. The second-order valence-electron chi connectivity index (χ2n) is 2.64. The molecule has 0 fully saturated rings. The Kier molecular flexibility index (Phi) is 5.03. The number of rotatable bonds is 5. The Balaban J connectivity index is 2.40. The zero-order valence-corrected chi connectivity index (χ0v) is 8.95. The molecular weight excluding hydrogens is 220 g/mol. The summed E-state index contributed by atoms with van der Waals surface area (Å²) < 4.78 is 4.74. The molecule has 1 heterocycles. The van der Waals surface area contributed by atoms with Crippen LogP contribution in [0.5, 0.6) is 0 Å². The minimum atomic E-state index is -0.365. The van der Waals surface area contributed by atoms with E-state index in [1.54, 1.807) is 13.2 Å². The number of amides is 1. The van der Waals surface area contributed by atoms with Gasteiger partial charge in [-0.2, -0.15) is 0 Å². The Hall–Kier alpha value is -1.17. The number of nitrogens with zero attached hydrogens (tertiary/aromatic N) is 1. The van der Waals surface area contributed by atoms with Crippen LogP contribution in [0.25, 0.3) is 0 Å². The molecule has 1 amide bonds. The van der Waals surface area contributed by atoms with E-state index in [2.05, 4.69) is 10.5 Å². The van der Waals surface area contributed by atoms with E-state index < -0.39 is 0 Å². The first-order valence-corrected chi connectivity index (χ1v) is 4.64. The van der Waals surface area contributed by atoms with Gasteiger partial charge in [-0.15, -0.1) is 0 Å². The Morgan fingerprint density at radius 3 is 3.07 bits per heavy atom. The molecule has 82 valence electrons. The first-order valence-electron chi connectivity index (χ1n) is 4.26. The molecule has 0 unspecified atom stereocenters. The van der Waals surface area contributed by atoms with Crippen molar-refractivity contribution in [1.29, 1.82) is 0 Å². The summed E-state index contributed by atoms with van der Waals surface area (Å²) in [6, 6.07) is 3.00. The fourth-order valence-corrected chi connectivity index (χ4v) is 1.02. The second-order valence-corrected chi connectivity index (χ2v) is 3.03. The van der Waals surface area contributed by atoms with E-state index in [1.807, 2.05) is 0 Å². The van der Waals surface area contributed by atoms with Crippen LogP contribution in [0, 0.1) is 0 Å². The van der Waals surface area contributed by atoms with Crippen molar-refractivity contribution in [2.24, 2.45) is 0 Å². The van der Waals surface area contributed by atoms with Crippen LogP contribution in [-0.2, 0) is 9.57 Å². The van der Waals surface area contributed by atoms with Crippen molar-refractivity contribution in [1.82, 2.24) is 10.5 Å². The van der Waals surface area contributed by atoms with Gasteiger partial charge in [0, 0.05) is 18.9 Å². The number of hydrogen-bond donors (Lipinski definition) is 1. The van der Waals surface area contributed by atoms with Gasteiger partial charge in [-0.05, 0) is 12.1 Å². The number of carbonyl (C=O) groups excluding carboxylic acids is 1. The summed E-state index contributed by atoms with van der Waals surface area (Å²) in [5.41, 5.74) is 2.65. The Labute approximate surface area is 92.3 Å². The van der Waals surface area contributed by atoms with Crippen molar-refractivity contribution in [3.05, 3.63) is 29.0 Å². The SMILES string of the molecule is COCCONC(=O)c1ccnc(Cl)c1. The molecule has 1 rings (SSSR count). The molecule has 1 N–H and O–H groups in total. The maximum atomic E-state index is 11.4. The van der Waals surface area contributed by atoms with E-state index in [9.17, 15) is 4.79 Å². The summed E-state index contributed by atoms with van der Waals surface area (Å²) in [4.78, 5) is 20.0. The lowest BCUT2D eigenvalue weighted by Gasteiger charge is -2.04. The van der Waals surface area contributed by atoms with E-state index in [0.717, 1.165) is 0 Å². The zero-order chi connectivity index (χ0) is 11.1. The van der Waals surface area contributed by atoms with Crippen molar-refractivity contribution in [3.8, 4) is 0 Å². The lowest BCUT2D eigenvalue weighted by atomic mass is 10.3. The molecule has 6 heteroatoms. The molecular formula is C9H11ClN2O3. The summed E-state index contributed by atoms with van der Waals surface area (Å²) >= 11 is 5.62. The third-order valence-electron chi connectivity index (χ3n) is 1.54. The Morgan fingerprint density at radius 1 is 1.60 bits per heavy atom. The van der Waals surface area contributed by atoms with Crippen LogP contribution in [0.2, 0.25) is 5.15 Å². The first kappa shape index (κ1) is 11.9. The quantitative estimate of drug-likeness (QED) is 0.467. The molecule has 0 bridgehead atoms. The summed E-state index contributed by atoms with van der Waals surface area (Å²) in [7, 11) is 1.55. The average Bonchev–Trinajstić information content (AvgIpc) is 2.24. The monoisotopic (exact) mass is 230 g/mol. The molecule has 0 aliphatic heterocycles. The lowest BCUT2D eigenvalue weighted by molar-refractivity contribution is 0.00888. The predicted octanol–water partition coefficient (Wildman–Crippen LogP) is 1.04. The molecule has 0 spiro atoms.